The first-order chi connectivity index (χ1) is 28.7. The van der Waals surface area contributed by atoms with Crippen LogP contribution in [0, 0.1) is 0 Å². The number of hydrogen-bond donors (Lipinski definition) is 1. The lowest BCUT2D eigenvalue weighted by molar-refractivity contribution is -0.161. The molecule has 9 nitrogen and oxygen atoms in total. The molecular weight excluding hydrogens is 762 g/mol. The molecule has 0 aromatic rings. The Labute approximate surface area is 364 Å². The first-order valence-corrected chi connectivity index (χ1v) is 26.5. The summed E-state index contributed by atoms with van der Waals surface area (Å²) in [5.41, 5.74) is 0. The fourth-order valence-electron chi connectivity index (χ4n) is 7.21. The number of hydrogen-bond acceptors (Lipinski definition) is 8. The van der Waals surface area contributed by atoms with E-state index in [1.54, 1.807) is 0 Å². The first kappa shape index (κ1) is 57.8. The van der Waals surface area contributed by atoms with Gasteiger partial charge in [0, 0.05) is 19.4 Å². The van der Waals surface area contributed by atoms with Gasteiger partial charge in [0.15, 0.2) is 6.10 Å². The van der Waals surface area contributed by atoms with Gasteiger partial charge in [-0.2, -0.15) is 0 Å². The molecule has 1 N–H and O–H groups in total. The molecule has 0 spiro atoms. The van der Waals surface area contributed by atoms with Gasteiger partial charge in [0.1, 0.15) is 6.61 Å². The summed E-state index contributed by atoms with van der Waals surface area (Å²) in [6.45, 7) is 4.37. The van der Waals surface area contributed by atoms with Crippen molar-refractivity contribution >= 4 is 19.8 Å². The van der Waals surface area contributed by atoms with Crippen molar-refractivity contribution in [3.63, 3.8) is 0 Å². The van der Waals surface area contributed by atoms with Crippen molar-refractivity contribution < 1.29 is 37.6 Å². The Bertz CT molecular complexity index is 993. The van der Waals surface area contributed by atoms with Crippen LogP contribution < -0.4 is 0 Å². The van der Waals surface area contributed by atoms with Crippen molar-refractivity contribution in [1.82, 2.24) is 4.90 Å². The summed E-state index contributed by atoms with van der Waals surface area (Å²) in [6.07, 6.45) is 46.8. The van der Waals surface area contributed by atoms with Crippen molar-refractivity contribution in [3.8, 4) is 0 Å². The second kappa shape index (κ2) is 44.8. The van der Waals surface area contributed by atoms with Crippen molar-refractivity contribution in [1.29, 1.82) is 0 Å². The molecule has 2 atom stereocenters. The molecule has 0 aromatic heterocycles. The second-order valence-electron chi connectivity index (χ2n) is 17.4. The highest BCUT2D eigenvalue weighted by molar-refractivity contribution is 7.47. The number of phosphoric acid groups is 1. The molecule has 0 heterocycles. The minimum atomic E-state index is -4.36. The lowest BCUT2D eigenvalue weighted by atomic mass is 10.0. The fraction of sp³-hybridized carbons (Fsp3) is 0.918. The number of phosphoric ester groups is 1. The molecule has 0 aliphatic heterocycles. The SMILES string of the molecule is CCCCCCCC/C=C\CCCCCCCCCCCCCC(=O)OC(COC(=O)CCCCCCCCCCCCCCCCC)COP(=O)(O)OCCN(C)C. The molecule has 0 aliphatic rings. The van der Waals surface area contributed by atoms with Gasteiger partial charge in [0.2, 0.25) is 0 Å². The van der Waals surface area contributed by atoms with Gasteiger partial charge in [-0.1, -0.05) is 206 Å². The number of nitrogens with zero attached hydrogens (tertiary/aromatic N) is 1. The fourth-order valence-corrected chi connectivity index (χ4v) is 7.96. The summed E-state index contributed by atoms with van der Waals surface area (Å²) in [4.78, 5) is 37.2. The maximum absolute atomic E-state index is 12.7. The molecule has 0 radical (unpaired) electrons. The van der Waals surface area contributed by atoms with Gasteiger partial charge in [0.05, 0.1) is 13.2 Å². The van der Waals surface area contributed by atoms with Crippen molar-refractivity contribution in [2.75, 3.05) is 40.5 Å². The highest BCUT2D eigenvalue weighted by atomic mass is 31.2. The Morgan fingerprint density at radius 2 is 0.864 bits per heavy atom. The number of unbranched alkanes of at least 4 members (excludes halogenated alkanes) is 31. The van der Waals surface area contributed by atoms with Crippen LogP contribution in [0.2, 0.25) is 0 Å². The summed E-state index contributed by atoms with van der Waals surface area (Å²) in [7, 11) is -0.701. The van der Waals surface area contributed by atoms with Crippen molar-refractivity contribution in [3.05, 3.63) is 12.2 Å². The average molecular weight is 858 g/mol. The average Bonchev–Trinajstić information content (AvgIpc) is 3.20. The minimum absolute atomic E-state index is 0.0109. The third-order valence-corrected chi connectivity index (χ3v) is 12.1. The molecule has 0 rings (SSSR count). The van der Waals surface area contributed by atoms with Crippen LogP contribution in [-0.2, 0) is 32.7 Å². The highest BCUT2D eigenvalue weighted by Crippen LogP contribution is 2.43. The highest BCUT2D eigenvalue weighted by Gasteiger charge is 2.26. The normalized spacial score (nSPS) is 13.3. The molecule has 350 valence electrons. The van der Waals surface area contributed by atoms with Crippen LogP contribution in [0.4, 0.5) is 0 Å². The maximum Gasteiger partial charge on any atom is 0.472 e. The number of likely N-dealkylation sites (N-methyl/N-ethyl adjacent to an activating group) is 1. The zero-order chi connectivity index (χ0) is 43.3. The predicted octanol–water partition coefficient (Wildman–Crippen LogP) is 14.8. The summed E-state index contributed by atoms with van der Waals surface area (Å²) in [5, 5.41) is 0. The van der Waals surface area contributed by atoms with E-state index < -0.39 is 26.5 Å². The largest absolute Gasteiger partial charge is 0.472 e. The topological polar surface area (TPSA) is 112 Å². The van der Waals surface area contributed by atoms with E-state index in [1.165, 1.54) is 180 Å². The van der Waals surface area contributed by atoms with E-state index in [0.29, 0.717) is 19.4 Å². The van der Waals surface area contributed by atoms with Gasteiger partial charge < -0.3 is 19.3 Å². The van der Waals surface area contributed by atoms with Gasteiger partial charge >= 0.3 is 19.8 Å². The van der Waals surface area contributed by atoms with Crippen molar-refractivity contribution in [2.24, 2.45) is 0 Å². The molecule has 10 heteroatoms. The Morgan fingerprint density at radius 3 is 1.25 bits per heavy atom. The number of rotatable bonds is 47. The third-order valence-electron chi connectivity index (χ3n) is 11.1. The molecular formula is C49H96NO8P. The van der Waals surface area contributed by atoms with E-state index in [0.717, 1.165) is 32.1 Å². The smallest absolute Gasteiger partial charge is 0.462 e. The molecule has 0 aromatic carbocycles. The zero-order valence-corrected chi connectivity index (χ0v) is 40.1. The number of allylic oxidation sites excluding steroid dienone is 2. The summed E-state index contributed by atoms with van der Waals surface area (Å²) < 4.78 is 33.6. The number of esters is 2. The van der Waals surface area contributed by atoms with Crippen LogP contribution >= 0.6 is 7.82 Å². The quantitative estimate of drug-likeness (QED) is 0.0277. The lowest BCUT2D eigenvalue weighted by Crippen LogP contribution is -2.29. The summed E-state index contributed by atoms with van der Waals surface area (Å²) in [6, 6.07) is 0. The van der Waals surface area contributed by atoms with Gasteiger partial charge in [0.25, 0.3) is 0 Å². The first-order valence-electron chi connectivity index (χ1n) is 25.0. The Kier molecular flexibility index (Phi) is 43.8. The molecule has 59 heavy (non-hydrogen) atoms. The Morgan fingerprint density at radius 1 is 0.508 bits per heavy atom. The predicted molar refractivity (Wildman–Crippen MR) is 248 cm³/mol. The molecule has 0 bridgehead atoms. The standard InChI is InChI=1S/C49H96NO8P/c1-5-7-9-11-13-15-17-19-21-22-23-24-25-26-28-30-32-34-36-38-40-42-49(52)58-47(46-57-59(53,54)56-44-43-50(3)4)45-55-48(51)41-39-37-35-33-31-29-27-20-18-16-14-12-10-8-6-2/h19,21,47H,5-18,20,22-46H2,1-4H3,(H,53,54)/b21-19-. The van der Waals surface area contributed by atoms with Gasteiger partial charge in [-0.15, -0.1) is 0 Å². The number of carbonyl (C=O) groups excluding carboxylic acids is 2. The van der Waals surface area contributed by atoms with Gasteiger partial charge in [-0.3, -0.25) is 18.6 Å². The minimum Gasteiger partial charge on any atom is -0.462 e. The van der Waals surface area contributed by atoms with Crippen LogP contribution in [0.1, 0.15) is 245 Å². The van der Waals surface area contributed by atoms with Crippen LogP contribution in [0.3, 0.4) is 0 Å². The summed E-state index contributed by atoms with van der Waals surface area (Å²) >= 11 is 0. The van der Waals surface area contributed by atoms with E-state index in [9.17, 15) is 19.0 Å². The van der Waals surface area contributed by atoms with E-state index in [1.807, 2.05) is 19.0 Å². The van der Waals surface area contributed by atoms with Crippen molar-refractivity contribution in [2.45, 2.75) is 251 Å². The van der Waals surface area contributed by atoms with E-state index in [2.05, 4.69) is 26.0 Å². The second-order valence-corrected chi connectivity index (χ2v) is 18.8. The van der Waals surface area contributed by atoms with Gasteiger partial charge in [-0.25, -0.2) is 4.57 Å². The van der Waals surface area contributed by atoms with E-state index >= 15 is 0 Å². The Balaban J connectivity index is 4.15. The van der Waals surface area contributed by atoms with Crippen LogP contribution in [0.25, 0.3) is 0 Å². The molecule has 0 aliphatic carbocycles. The maximum atomic E-state index is 12.7. The van der Waals surface area contributed by atoms with E-state index in [-0.39, 0.29) is 25.6 Å². The number of ether oxygens (including phenoxy) is 2. The molecule has 0 fully saturated rings. The molecule has 0 saturated heterocycles. The van der Waals surface area contributed by atoms with Crippen LogP contribution in [0.15, 0.2) is 12.2 Å². The lowest BCUT2D eigenvalue weighted by Gasteiger charge is -2.20. The summed E-state index contributed by atoms with van der Waals surface area (Å²) in [5.74, 6) is -0.788. The van der Waals surface area contributed by atoms with Crippen LogP contribution in [0.5, 0.6) is 0 Å². The Hall–Kier alpha value is -1.25. The van der Waals surface area contributed by atoms with Gasteiger partial charge in [-0.05, 0) is 52.6 Å². The third kappa shape index (κ3) is 46.1. The number of carbonyl (C=O) groups is 2. The van der Waals surface area contributed by atoms with Crippen LogP contribution in [-0.4, -0.2) is 68.3 Å². The zero-order valence-electron chi connectivity index (χ0n) is 39.2. The molecule has 0 saturated carbocycles. The monoisotopic (exact) mass is 858 g/mol. The van der Waals surface area contributed by atoms with E-state index in [4.69, 9.17) is 18.5 Å². The molecule has 2 unspecified atom stereocenters. The molecule has 0 amide bonds.